The van der Waals surface area contributed by atoms with Crippen LogP contribution in [0.15, 0.2) is 46.2 Å². The van der Waals surface area contributed by atoms with Gasteiger partial charge in [0.25, 0.3) is 11.4 Å². The van der Waals surface area contributed by atoms with Gasteiger partial charge in [-0.15, -0.1) is 0 Å². The average Bonchev–Trinajstić information content (AvgIpc) is 2.53. The van der Waals surface area contributed by atoms with E-state index in [1.165, 1.54) is 36.0 Å². The predicted molar refractivity (Wildman–Crippen MR) is 84.9 cm³/mol. The molecule has 0 aliphatic carbocycles. The quantitative estimate of drug-likeness (QED) is 0.541. The number of hydrogen-bond donors (Lipinski definition) is 1. The minimum Gasteiger partial charge on any atom is -0.354 e. The molecule has 1 aliphatic heterocycles. The molecule has 0 saturated carbocycles. The van der Waals surface area contributed by atoms with Crippen LogP contribution >= 0.6 is 11.8 Å². The van der Waals surface area contributed by atoms with E-state index in [0.717, 1.165) is 11.4 Å². The summed E-state index contributed by atoms with van der Waals surface area (Å²) in [6.45, 7) is 4.00. The first-order valence-corrected chi connectivity index (χ1v) is 7.38. The van der Waals surface area contributed by atoms with Gasteiger partial charge in [0, 0.05) is 34.1 Å². The summed E-state index contributed by atoms with van der Waals surface area (Å²) in [6, 6.07) is 9.00. The third-order valence-corrected chi connectivity index (χ3v) is 3.96. The van der Waals surface area contributed by atoms with Gasteiger partial charge in [-0.2, -0.15) is 0 Å². The van der Waals surface area contributed by atoms with Gasteiger partial charge in [-0.25, -0.2) is 0 Å². The maximum Gasteiger partial charge on any atom is 0.270 e. The number of anilines is 2. The molecule has 114 valence electrons. The molecule has 1 N–H and O–H groups in total. The molecule has 8 heteroatoms. The molecular formula is C14H13N3O4S. The monoisotopic (exact) mass is 319 g/mol. The molecule has 22 heavy (non-hydrogen) atoms. The summed E-state index contributed by atoms with van der Waals surface area (Å²) in [4.78, 5) is 21.9. The van der Waals surface area contributed by atoms with Crippen molar-refractivity contribution in [3.8, 4) is 0 Å². The normalized spacial score (nSPS) is 11.2. The standard InChI is InChI=1S/C12H7N3O4S.C2H6/c16-14(17)7-1-3-9-11(5-7)20-12-6-8(15(18)19)2-4-10(12)13-9;1-2/h1-6,13H;1-2H3. The van der Waals surface area contributed by atoms with E-state index in [1.54, 1.807) is 12.1 Å². The van der Waals surface area contributed by atoms with Crippen molar-refractivity contribution in [3.05, 3.63) is 56.6 Å². The molecule has 0 aromatic heterocycles. The van der Waals surface area contributed by atoms with Crippen molar-refractivity contribution < 1.29 is 9.85 Å². The molecule has 0 atom stereocenters. The van der Waals surface area contributed by atoms with Crippen molar-refractivity contribution in [2.24, 2.45) is 0 Å². The topological polar surface area (TPSA) is 98.3 Å². The summed E-state index contributed by atoms with van der Waals surface area (Å²) >= 11 is 1.27. The molecule has 1 heterocycles. The highest BCUT2D eigenvalue weighted by atomic mass is 32.2. The van der Waals surface area contributed by atoms with E-state index in [-0.39, 0.29) is 11.4 Å². The van der Waals surface area contributed by atoms with Crippen molar-refractivity contribution in [1.82, 2.24) is 0 Å². The van der Waals surface area contributed by atoms with Crippen LogP contribution in [0.25, 0.3) is 0 Å². The number of nitrogens with zero attached hydrogens (tertiary/aromatic N) is 2. The summed E-state index contributed by atoms with van der Waals surface area (Å²) in [6.07, 6.45) is 0. The van der Waals surface area contributed by atoms with E-state index < -0.39 is 9.85 Å². The number of benzene rings is 2. The lowest BCUT2D eigenvalue weighted by atomic mass is 10.2. The highest BCUT2D eigenvalue weighted by Crippen LogP contribution is 2.46. The number of nitrogens with one attached hydrogen (secondary N) is 1. The Labute approximate surface area is 130 Å². The van der Waals surface area contributed by atoms with Crippen LogP contribution in [0.4, 0.5) is 22.7 Å². The second kappa shape index (κ2) is 6.44. The first-order valence-electron chi connectivity index (χ1n) is 6.56. The van der Waals surface area contributed by atoms with E-state index in [2.05, 4.69) is 5.32 Å². The summed E-state index contributed by atoms with van der Waals surface area (Å²) < 4.78 is 0. The molecule has 0 bridgehead atoms. The second-order valence-corrected chi connectivity index (χ2v) is 5.19. The largest absolute Gasteiger partial charge is 0.354 e. The van der Waals surface area contributed by atoms with Gasteiger partial charge in [-0.3, -0.25) is 20.2 Å². The van der Waals surface area contributed by atoms with Crippen molar-refractivity contribution in [3.63, 3.8) is 0 Å². The van der Waals surface area contributed by atoms with Crippen LogP contribution in [0.1, 0.15) is 13.8 Å². The van der Waals surface area contributed by atoms with Crippen molar-refractivity contribution in [2.45, 2.75) is 23.6 Å². The molecule has 0 fully saturated rings. The van der Waals surface area contributed by atoms with Gasteiger partial charge in [0.1, 0.15) is 0 Å². The van der Waals surface area contributed by atoms with Crippen LogP contribution < -0.4 is 5.32 Å². The maximum atomic E-state index is 10.8. The van der Waals surface area contributed by atoms with Crippen molar-refractivity contribution >= 4 is 34.5 Å². The third-order valence-electron chi connectivity index (χ3n) is 2.84. The Kier molecular flexibility index (Phi) is 4.62. The molecule has 1 aliphatic rings. The van der Waals surface area contributed by atoms with E-state index in [0.29, 0.717) is 9.79 Å². The Morgan fingerprint density at radius 3 is 1.64 bits per heavy atom. The smallest absolute Gasteiger partial charge is 0.270 e. The average molecular weight is 319 g/mol. The van der Waals surface area contributed by atoms with E-state index in [4.69, 9.17) is 0 Å². The molecule has 0 unspecified atom stereocenters. The van der Waals surface area contributed by atoms with Crippen LogP contribution in [0.5, 0.6) is 0 Å². The fraction of sp³-hybridized carbons (Fsp3) is 0.143. The predicted octanol–water partition coefficient (Wildman–Crippen LogP) is 4.74. The second-order valence-electron chi connectivity index (χ2n) is 4.10. The molecule has 0 spiro atoms. The van der Waals surface area contributed by atoms with Crippen LogP contribution in [0, 0.1) is 20.2 Å². The van der Waals surface area contributed by atoms with Crippen LogP contribution in [0.3, 0.4) is 0 Å². The lowest BCUT2D eigenvalue weighted by Gasteiger charge is -2.20. The van der Waals surface area contributed by atoms with Crippen molar-refractivity contribution in [2.75, 3.05) is 5.32 Å². The van der Waals surface area contributed by atoms with Gasteiger partial charge in [0.15, 0.2) is 0 Å². The molecule has 2 aromatic carbocycles. The molecular weight excluding hydrogens is 306 g/mol. The van der Waals surface area contributed by atoms with Gasteiger partial charge in [-0.05, 0) is 12.1 Å². The zero-order valence-electron chi connectivity index (χ0n) is 11.9. The van der Waals surface area contributed by atoms with Crippen LogP contribution in [0.2, 0.25) is 0 Å². The Hall–Kier alpha value is -2.61. The first kappa shape index (κ1) is 15.8. The highest BCUT2D eigenvalue weighted by molar-refractivity contribution is 7.99. The Balaban J connectivity index is 0.000000847. The van der Waals surface area contributed by atoms with Gasteiger partial charge in [-0.1, -0.05) is 25.6 Å². The summed E-state index contributed by atoms with van der Waals surface area (Å²) in [5.74, 6) is 0. The highest BCUT2D eigenvalue weighted by Gasteiger charge is 2.20. The molecule has 0 saturated heterocycles. The third kappa shape index (κ3) is 3.01. The fourth-order valence-corrected chi connectivity index (χ4v) is 2.94. The lowest BCUT2D eigenvalue weighted by molar-refractivity contribution is -0.385. The molecule has 7 nitrogen and oxygen atoms in total. The number of hydrogen-bond acceptors (Lipinski definition) is 6. The fourth-order valence-electron chi connectivity index (χ4n) is 1.89. The summed E-state index contributed by atoms with van der Waals surface area (Å²) in [7, 11) is 0. The zero-order valence-corrected chi connectivity index (χ0v) is 12.7. The number of non-ortho nitro benzene ring substituents is 2. The van der Waals surface area contributed by atoms with Crippen LogP contribution in [-0.4, -0.2) is 9.85 Å². The van der Waals surface area contributed by atoms with Gasteiger partial charge < -0.3 is 5.32 Å². The number of fused-ring (bicyclic) bond motifs is 2. The van der Waals surface area contributed by atoms with Crippen molar-refractivity contribution in [1.29, 1.82) is 0 Å². The Morgan fingerprint density at radius 2 is 1.27 bits per heavy atom. The molecule has 2 aromatic rings. The van der Waals surface area contributed by atoms with Gasteiger partial charge in [0.2, 0.25) is 0 Å². The van der Waals surface area contributed by atoms with E-state index in [1.807, 2.05) is 13.8 Å². The lowest BCUT2D eigenvalue weighted by Crippen LogP contribution is -2.01. The Bertz CT molecular complexity index is 687. The van der Waals surface area contributed by atoms with Crippen LogP contribution in [-0.2, 0) is 0 Å². The number of rotatable bonds is 2. The van der Waals surface area contributed by atoms with E-state index >= 15 is 0 Å². The number of nitro groups is 2. The maximum absolute atomic E-state index is 10.8. The van der Waals surface area contributed by atoms with Gasteiger partial charge in [0.05, 0.1) is 21.2 Å². The molecule has 0 amide bonds. The summed E-state index contributed by atoms with van der Waals surface area (Å²) in [5, 5.41) is 24.6. The summed E-state index contributed by atoms with van der Waals surface area (Å²) in [5.41, 5.74) is 1.49. The SMILES string of the molecule is CC.O=[N+]([O-])c1ccc2c(c1)Sc1cc([N+](=O)[O-])ccc1N2. The minimum absolute atomic E-state index is 0.00747. The molecule has 3 rings (SSSR count). The van der Waals surface area contributed by atoms with E-state index in [9.17, 15) is 20.2 Å². The first-order chi connectivity index (χ1) is 10.5. The number of nitro benzene ring substituents is 2. The zero-order chi connectivity index (χ0) is 16.3. The minimum atomic E-state index is -0.468. The molecule has 0 radical (unpaired) electrons. The Morgan fingerprint density at radius 1 is 0.864 bits per heavy atom. The van der Waals surface area contributed by atoms with Gasteiger partial charge >= 0.3 is 0 Å².